The monoisotopic (exact) mass is 381 g/mol. The molecule has 1 atom stereocenters. The van der Waals surface area contributed by atoms with Gasteiger partial charge in [0, 0.05) is 18.0 Å². The van der Waals surface area contributed by atoms with Gasteiger partial charge in [0.15, 0.2) is 0 Å². The number of ether oxygens (including phenoxy) is 1. The van der Waals surface area contributed by atoms with Crippen molar-refractivity contribution < 1.29 is 9.84 Å². The lowest BCUT2D eigenvalue weighted by Gasteiger charge is -2.28. The van der Waals surface area contributed by atoms with Gasteiger partial charge in [-0.3, -0.25) is 5.10 Å². The highest BCUT2D eigenvalue weighted by Crippen LogP contribution is 2.40. The van der Waals surface area contributed by atoms with Gasteiger partial charge in [0.1, 0.15) is 29.2 Å². The molecule has 7 heteroatoms. The van der Waals surface area contributed by atoms with Gasteiger partial charge in [-0.2, -0.15) is 5.10 Å². The van der Waals surface area contributed by atoms with Crippen molar-refractivity contribution in [1.29, 1.82) is 0 Å². The van der Waals surface area contributed by atoms with E-state index in [1.807, 2.05) is 31.2 Å². The Labute approximate surface area is 164 Å². The third-order valence-corrected chi connectivity index (χ3v) is 5.30. The second-order valence-electron chi connectivity index (χ2n) is 7.82. The summed E-state index contributed by atoms with van der Waals surface area (Å²) in [6.07, 6.45) is 4.71. The van der Waals surface area contributed by atoms with Crippen LogP contribution in [0.4, 0.5) is 5.82 Å². The van der Waals surface area contributed by atoms with Gasteiger partial charge in [0.25, 0.3) is 0 Å². The number of hydrogen-bond acceptors (Lipinski definition) is 6. The van der Waals surface area contributed by atoms with Crippen molar-refractivity contribution in [2.75, 3.05) is 18.1 Å². The molecule has 0 spiro atoms. The van der Waals surface area contributed by atoms with E-state index in [-0.39, 0.29) is 18.2 Å². The standard InChI is InChI=1S/C21H27N5O2/c1-4-9-26(14(2)12-27)19-11-18(22-13-23-19)20-16-10-15(28-21(3)7-8-21)5-6-17(16)24-25-20/h5-6,10-11,13-14,27H,4,7-9,12H2,1-3H3,(H,24,25)/t14-/m0/s1. The number of aliphatic hydroxyl groups is 1. The smallest absolute Gasteiger partial charge is 0.132 e. The molecule has 4 rings (SSSR count). The summed E-state index contributed by atoms with van der Waals surface area (Å²) in [5.74, 6) is 1.65. The number of rotatable bonds is 8. The summed E-state index contributed by atoms with van der Waals surface area (Å²) in [5.41, 5.74) is 2.44. The van der Waals surface area contributed by atoms with Crippen molar-refractivity contribution in [1.82, 2.24) is 20.2 Å². The van der Waals surface area contributed by atoms with Crippen LogP contribution in [0.15, 0.2) is 30.6 Å². The van der Waals surface area contributed by atoms with Crippen molar-refractivity contribution >= 4 is 16.7 Å². The molecule has 148 valence electrons. The Hall–Kier alpha value is -2.67. The molecule has 0 bridgehead atoms. The molecule has 2 N–H and O–H groups in total. The molecule has 0 amide bonds. The zero-order chi connectivity index (χ0) is 19.7. The zero-order valence-corrected chi connectivity index (χ0v) is 16.6. The highest BCUT2D eigenvalue weighted by molar-refractivity contribution is 5.93. The van der Waals surface area contributed by atoms with Crippen molar-refractivity contribution in [3.63, 3.8) is 0 Å². The molecular weight excluding hydrogens is 354 g/mol. The molecule has 1 saturated carbocycles. The number of fused-ring (bicyclic) bond motifs is 1. The topological polar surface area (TPSA) is 87.2 Å². The van der Waals surface area contributed by atoms with Gasteiger partial charge in [0.2, 0.25) is 0 Å². The lowest BCUT2D eigenvalue weighted by atomic mass is 10.1. The first kappa shape index (κ1) is 18.7. The van der Waals surface area contributed by atoms with E-state index < -0.39 is 0 Å². The highest BCUT2D eigenvalue weighted by atomic mass is 16.5. The maximum Gasteiger partial charge on any atom is 0.132 e. The van der Waals surface area contributed by atoms with E-state index >= 15 is 0 Å². The van der Waals surface area contributed by atoms with E-state index in [1.165, 1.54) is 0 Å². The van der Waals surface area contributed by atoms with Crippen molar-refractivity contribution in [2.24, 2.45) is 0 Å². The average molecular weight is 381 g/mol. The van der Waals surface area contributed by atoms with Crippen molar-refractivity contribution in [3.05, 3.63) is 30.6 Å². The number of anilines is 1. The Morgan fingerprint density at radius 1 is 1.29 bits per heavy atom. The number of aromatic nitrogens is 4. The first-order valence-electron chi connectivity index (χ1n) is 9.90. The first-order valence-corrected chi connectivity index (χ1v) is 9.90. The van der Waals surface area contributed by atoms with Crippen molar-refractivity contribution in [3.8, 4) is 17.1 Å². The van der Waals surface area contributed by atoms with Gasteiger partial charge in [-0.25, -0.2) is 9.97 Å². The molecule has 7 nitrogen and oxygen atoms in total. The lowest BCUT2D eigenvalue weighted by Crippen LogP contribution is -2.37. The molecule has 2 heterocycles. The van der Waals surface area contributed by atoms with Crippen LogP contribution in [0.3, 0.4) is 0 Å². The van der Waals surface area contributed by atoms with Gasteiger partial charge < -0.3 is 14.7 Å². The third-order valence-electron chi connectivity index (χ3n) is 5.30. The molecule has 3 aromatic rings. The fraction of sp³-hybridized carbons (Fsp3) is 0.476. The Balaban J connectivity index is 1.70. The van der Waals surface area contributed by atoms with Crippen LogP contribution in [-0.4, -0.2) is 50.1 Å². The van der Waals surface area contributed by atoms with Gasteiger partial charge >= 0.3 is 0 Å². The van der Waals surface area contributed by atoms with Crippen LogP contribution in [0.1, 0.15) is 40.0 Å². The molecule has 0 unspecified atom stereocenters. The maximum absolute atomic E-state index is 9.60. The minimum absolute atomic E-state index is 0.0158. The summed E-state index contributed by atoms with van der Waals surface area (Å²) in [4.78, 5) is 11.0. The average Bonchev–Trinajstić information content (AvgIpc) is 3.28. The van der Waals surface area contributed by atoms with E-state index in [4.69, 9.17) is 4.74 Å². The first-order chi connectivity index (χ1) is 13.5. The summed E-state index contributed by atoms with van der Waals surface area (Å²) in [5, 5.41) is 18.1. The second kappa shape index (κ2) is 7.39. The predicted molar refractivity (Wildman–Crippen MR) is 110 cm³/mol. The molecule has 1 aliphatic carbocycles. The van der Waals surface area contributed by atoms with Crippen LogP contribution in [0, 0.1) is 0 Å². The maximum atomic E-state index is 9.60. The molecule has 2 aromatic heterocycles. The predicted octanol–water partition coefficient (Wildman–Crippen LogP) is 3.55. The van der Waals surface area contributed by atoms with Crippen LogP contribution >= 0.6 is 0 Å². The van der Waals surface area contributed by atoms with Gasteiger partial charge in [-0.05, 0) is 51.3 Å². The van der Waals surface area contributed by atoms with Gasteiger partial charge in [0.05, 0.1) is 23.9 Å². The Morgan fingerprint density at radius 2 is 2.11 bits per heavy atom. The van der Waals surface area contributed by atoms with Gasteiger partial charge in [-0.15, -0.1) is 0 Å². The molecule has 1 aromatic carbocycles. The van der Waals surface area contributed by atoms with Crippen LogP contribution in [-0.2, 0) is 0 Å². The van der Waals surface area contributed by atoms with E-state index in [0.29, 0.717) is 0 Å². The number of aromatic amines is 1. The van der Waals surface area contributed by atoms with Crippen molar-refractivity contribution in [2.45, 2.75) is 51.7 Å². The summed E-state index contributed by atoms with van der Waals surface area (Å²) >= 11 is 0. The Kier molecular flexibility index (Phi) is 4.93. The van der Waals surface area contributed by atoms with E-state index in [1.54, 1.807) is 6.33 Å². The van der Waals surface area contributed by atoms with E-state index in [2.05, 4.69) is 38.9 Å². The SMILES string of the molecule is CCCN(c1cc(-c2n[nH]c3ccc(OC4(C)CC4)cc23)ncn1)[C@@H](C)CO. The molecule has 1 aliphatic rings. The van der Waals surface area contributed by atoms with Crippen LogP contribution < -0.4 is 9.64 Å². The zero-order valence-electron chi connectivity index (χ0n) is 16.6. The Morgan fingerprint density at radius 3 is 2.82 bits per heavy atom. The third kappa shape index (κ3) is 3.67. The largest absolute Gasteiger partial charge is 0.488 e. The summed E-state index contributed by atoms with van der Waals surface area (Å²) in [7, 11) is 0. The molecule has 0 saturated heterocycles. The summed E-state index contributed by atoms with van der Waals surface area (Å²) < 4.78 is 6.11. The van der Waals surface area contributed by atoms with Crippen LogP contribution in [0.2, 0.25) is 0 Å². The summed E-state index contributed by atoms with van der Waals surface area (Å²) in [6, 6.07) is 7.92. The van der Waals surface area contributed by atoms with Crippen LogP contribution in [0.25, 0.3) is 22.3 Å². The Bertz CT molecular complexity index is 966. The molecule has 0 aliphatic heterocycles. The molecular formula is C21H27N5O2. The minimum Gasteiger partial charge on any atom is -0.488 e. The lowest BCUT2D eigenvalue weighted by molar-refractivity contribution is 0.200. The number of nitrogens with zero attached hydrogens (tertiary/aromatic N) is 4. The fourth-order valence-corrected chi connectivity index (χ4v) is 3.35. The van der Waals surface area contributed by atoms with E-state index in [9.17, 15) is 5.11 Å². The number of H-pyrrole nitrogens is 1. The quantitative estimate of drug-likeness (QED) is 0.620. The molecule has 1 fully saturated rings. The van der Waals surface area contributed by atoms with Crippen LogP contribution in [0.5, 0.6) is 5.75 Å². The molecule has 0 radical (unpaired) electrons. The van der Waals surface area contributed by atoms with E-state index in [0.717, 1.165) is 59.7 Å². The second-order valence-corrected chi connectivity index (χ2v) is 7.82. The highest BCUT2D eigenvalue weighted by Gasteiger charge is 2.40. The van der Waals surface area contributed by atoms with Gasteiger partial charge in [-0.1, -0.05) is 6.92 Å². The minimum atomic E-state index is -0.0270. The number of benzene rings is 1. The fourth-order valence-electron chi connectivity index (χ4n) is 3.35. The molecule has 28 heavy (non-hydrogen) atoms. The number of nitrogens with one attached hydrogen (secondary N) is 1. The normalized spacial score (nSPS) is 16.1. The number of aliphatic hydroxyl groups excluding tert-OH is 1. The number of hydrogen-bond donors (Lipinski definition) is 2. The summed E-state index contributed by atoms with van der Waals surface area (Å²) in [6.45, 7) is 7.13.